The van der Waals surface area contributed by atoms with Crippen LogP contribution in [0, 0.1) is 5.92 Å². The van der Waals surface area contributed by atoms with Crippen LogP contribution in [0.4, 0.5) is 0 Å². The Morgan fingerprint density at radius 1 is 0.654 bits per heavy atom. The molecule has 26 heavy (non-hydrogen) atoms. The molecule has 3 atom stereocenters. The first-order valence-corrected chi connectivity index (χ1v) is 11.4. The minimum Gasteiger partial charge on any atom is -0.330 e. The van der Waals surface area contributed by atoms with Gasteiger partial charge in [-0.15, -0.1) is 0 Å². The maximum absolute atomic E-state index is 6.53. The summed E-state index contributed by atoms with van der Waals surface area (Å²) in [4.78, 5) is 0. The van der Waals surface area contributed by atoms with Crippen LogP contribution in [0.15, 0.2) is 0 Å². The summed E-state index contributed by atoms with van der Waals surface area (Å²) in [6, 6.07) is 0.322. The predicted octanol–water partition coefficient (Wildman–Crippen LogP) is 4.44. The Morgan fingerprint density at radius 2 is 1.12 bits per heavy atom. The van der Waals surface area contributed by atoms with E-state index in [-0.39, 0.29) is 5.54 Å². The van der Waals surface area contributed by atoms with Gasteiger partial charge in [0.1, 0.15) is 0 Å². The van der Waals surface area contributed by atoms with E-state index in [0.717, 1.165) is 45.2 Å². The first-order chi connectivity index (χ1) is 12.4. The molecule has 0 bridgehead atoms. The van der Waals surface area contributed by atoms with E-state index in [0.29, 0.717) is 12.0 Å². The van der Waals surface area contributed by atoms with Crippen LogP contribution < -0.4 is 22.9 Å². The predicted molar refractivity (Wildman–Crippen MR) is 117 cm³/mol. The number of hydrogen-bond acceptors (Lipinski definition) is 4. The molecule has 0 aromatic rings. The second kappa shape index (κ2) is 17.0. The molecule has 0 amide bonds. The molecule has 3 unspecified atom stereocenters. The lowest BCUT2D eigenvalue weighted by Gasteiger charge is -2.28. The molecule has 8 N–H and O–H groups in total. The zero-order valence-corrected chi connectivity index (χ0v) is 18.0. The summed E-state index contributed by atoms with van der Waals surface area (Å²) in [5, 5.41) is 0. The van der Waals surface area contributed by atoms with Crippen molar-refractivity contribution in [3.63, 3.8) is 0 Å². The van der Waals surface area contributed by atoms with Gasteiger partial charge in [0.05, 0.1) is 0 Å². The molecule has 0 aromatic heterocycles. The molecule has 0 rings (SSSR count). The lowest BCUT2D eigenvalue weighted by atomic mass is 9.84. The van der Waals surface area contributed by atoms with E-state index >= 15 is 0 Å². The highest BCUT2D eigenvalue weighted by Gasteiger charge is 2.21. The normalized spacial score (nSPS) is 16.4. The van der Waals surface area contributed by atoms with Crippen molar-refractivity contribution in [2.75, 3.05) is 13.1 Å². The van der Waals surface area contributed by atoms with Crippen molar-refractivity contribution in [3.8, 4) is 0 Å². The molecule has 0 saturated carbocycles. The smallest absolute Gasteiger partial charge is 0.0126 e. The van der Waals surface area contributed by atoms with Crippen LogP contribution in [0.3, 0.4) is 0 Å². The fourth-order valence-electron chi connectivity index (χ4n) is 3.62. The lowest BCUT2D eigenvalue weighted by molar-refractivity contribution is 0.311. The van der Waals surface area contributed by atoms with Crippen molar-refractivity contribution in [3.05, 3.63) is 0 Å². The van der Waals surface area contributed by atoms with Gasteiger partial charge >= 0.3 is 0 Å². The maximum Gasteiger partial charge on any atom is 0.0126 e. The van der Waals surface area contributed by atoms with Crippen molar-refractivity contribution >= 4 is 0 Å². The third kappa shape index (κ3) is 16.0. The fraction of sp³-hybridized carbons (Fsp3) is 1.00. The van der Waals surface area contributed by atoms with Crippen molar-refractivity contribution in [1.29, 1.82) is 0 Å². The molecule has 0 saturated heterocycles. The third-order valence-electron chi connectivity index (χ3n) is 5.85. The largest absolute Gasteiger partial charge is 0.330 e. The Hall–Kier alpha value is -0.160. The molecule has 158 valence electrons. The average molecular weight is 371 g/mol. The Balaban J connectivity index is 3.71. The molecule has 4 heteroatoms. The quantitative estimate of drug-likeness (QED) is 0.252. The van der Waals surface area contributed by atoms with Crippen molar-refractivity contribution < 1.29 is 0 Å². The molecule has 0 aliphatic rings. The zero-order valence-electron chi connectivity index (χ0n) is 18.0. The molecule has 0 aliphatic carbocycles. The van der Waals surface area contributed by atoms with Gasteiger partial charge in [-0.3, -0.25) is 0 Å². The van der Waals surface area contributed by atoms with Gasteiger partial charge in [0.25, 0.3) is 0 Å². The minimum atomic E-state index is -0.0343. The van der Waals surface area contributed by atoms with Gasteiger partial charge in [-0.05, 0) is 64.5 Å². The molecule has 0 spiro atoms. The van der Waals surface area contributed by atoms with E-state index in [1.807, 2.05) is 0 Å². The number of nitrogens with two attached hydrogens (primary N) is 4. The second-order valence-electron chi connectivity index (χ2n) is 8.84. The summed E-state index contributed by atoms with van der Waals surface area (Å²) in [6.07, 6.45) is 18.4. The lowest BCUT2D eigenvalue weighted by Crippen LogP contribution is -2.38. The van der Waals surface area contributed by atoms with Crippen molar-refractivity contribution in [1.82, 2.24) is 0 Å². The number of rotatable bonds is 19. The Bertz CT molecular complexity index is 294. The van der Waals surface area contributed by atoms with Gasteiger partial charge in [-0.1, -0.05) is 64.7 Å². The van der Waals surface area contributed by atoms with Crippen molar-refractivity contribution in [2.24, 2.45) is 28.9 Å². The van der Waals surface area contributed by atoms with Crippen LogP contribution in [-0.4, -0.2) is 24.7 Å². The monoisotopic (exact) mass is 370 g/mol. The highest BCUT2D eigenvalue weighted by atomic mass is 14.7. The van der Waals surface area contributed by atoms with Gasteiger partial charge in [-0.25, -0.2) is 0 Å². The van der Waals surface area contributed by atoms with Crippen LogP contribution in [0.25, 0.3) is 0 Å². The topological polar surface area (TPSA) is 104 Å². The Morgan fingerprint density at radius 3 is 1.65 bits per heavy atom. The van der Waals surface area contributed by atoms with E-state index in [1.165, 1.54) is 64.2 Å². The van der Waals surface area contributed by atoms with Crippen LogP contribution >= 0.6 is 0 Å². The third-order valence-corrected chi connectivity index (χ3v) is 5.85. The Labute approximate surface area is 164 Å². The summed E-state index contributed by atoms with van der Waals surface area (Å²) >= 11 is 0. The van der Waals surface area contributed by atoms with E-state index in [1.54, 1.807) is 0 Å². The van der Waals surface area contributed by atoms with E-state index < -0.39 is 0 Å². The Kier molecular flexibility index (Phi) is 16.9. The molecule has 4 nitrogen and oxygen atoms in total. The van der Waals surface area contributed by atoms with Gasteiger partial charge in [-0.2, -0.15) is 0 Å². The van der Waals surface area contributed by atoms with E-state index in [2.05, 4.69) is 13.8 Å². The highest BCUT2D eigenvalue weighted by Crippen LogP contribution is 2.23. The molecule has 0 fully saturated rings. The fourth-order valence-corrected chi connectivity index (χ4v) is 3.62. The van der Waals surface area contributed by atoms with E-state index in [4.69, 9.17) is 22.9 Å². The molecular formula is C22H50N4. The average Bonchev–Trinajstić information content (AvgIpc) is 2.61. The minimum absolute atomic E-state index is 0.0343. The van der Waals surface area contributed by atoms with Gasteiger partial charge in [0, 0.05) is 11.6 Å². The highest BCUT2D eigenvalue weighted by molar-refractivity contribution is 4.81. The maximum atomic E-state index is 6.53. The van der Waals surface area contributed by atoms with Crippen molar-refractivity contribution in [2.45, 2.75) is 122 Å². The zero-order chi connectivity index (χ0) is 19.7. The summed E-state index contributed by atoms with van der Waals surface area (Å²) < 4.78 is 0. The molecule has 0 aliphatic heterocycles. The van der Waals surface area contributed by atoms with Crippen LogP contribution in [0.1, 0.15) is 110 Å². The number of hydrogen-bond donors (Lipinski definition) is 4. The first-order valence-electron chi connectivity index (χ1n) is 11.4. The van der Waals surface area contributed by atoms with Crippen LogP contribution in [-0.2, 0) is 0 Å². The van der Waals surface area contributed by atoms with Gasteiger partial charge in [0.2, 0.25) is 0 Å². The van der Waals surface area contributed by atoms with Gasteiger partial charge < -0.3 is 22.9 Å². The van der Waals surface area contributed by atoms with Crippen LogP contribution in [0.5, 0.6) is 0 Å². The SMILES string of the molecule is CC(CCC(C)(N)CCCCCCCCN)C(N)CCCCCCCN. The van der Waals surface area contributed by atoms with E-state index in [9.17, 15) is 0 Å². The van der Waals surface area contributed by atoms with Crippen LogP contribution in [0.2, 0.25) is 0 Å². The summed E-state index contributed by atoms with van der Waals surface area (Å²) in [5.41, 5.74) is 23.9. The van der Waals surface area contributed by atoms with Gasteiger partial charge in [0.15, 0.2) is 0 Å². The molecule has 0 aromatic carbocycles. The number of unbranched alkanes of at least 4 members (excludes halogenated alkanes) is 9. The molecular weight excluding hydrogens is 320 g/mol. The summed E-state index contributed by atoms with van der Waals surface area (Å²) in [6.45, 7) is 6.17. The summed E-state index contributed by atoms with van der Waals surface area (Å²) in [5.74, 6) is 0.568. The standard InChI is InChI=1S/C22H50N4/c1-20(21(25)14-10-6-5-9-13-19-24)15-17-22(2,26)16-11-7-3-4-8-12-18-23/h20-21H,3-19,23-26H2,1-2H3. The molecule has 0 radical (unpaired) electrons. The second-order valence-corrected chi connectivity index (χ2v) is 8.84. The molecule has 0 heterocycles. The summed E-state index contributed by atoms with van der Waals surface area (Å²) in [7, 11) is 0. The first kappa shape index (κ1) is 25.8.